The van der Waals surface area contributed by atoms with E-state index >= 15 is 0 Å². The SMILES string of the molecule is NC(=O)Sc1nnc(-c2ccc([N+](=O)[O-])o2)s1. The number of amides is 1. The number of aromatic nitrogens is 2. The third kappa shape index (κ3) is 2.60. The molecular weight excluding hydrogens is 268 g/mol. The van der Waals surface area contributed by atoms with Crippen molar-refractivity contribution in [2.24, 2.45) is 5.73 Å². The molecule has 2 aromatic heterocycles. The molecule has 2 rings (SSSR count). The lowest BCUT2D eigenvalue weighted by molar-refractivity contribution is -0.401. The molecule has 2 aromatic rings. The zero-order valence-electron chi connectivity index (χ0n) is 8.02. The summed E-state index contributed by atoms with van der Waals surface area (Å²) in [5.74, 6) is -0.148. The fourth-order valence-electron chi connectivity index (χ4n) is 0.977. The Labute approximate surface area is 102 Å². The minimum Gasteiger partial charge on any atom is -0.398 e. The maximum atomic E-state index is 10.6. The first-order valence-corrected chi connectivity index (χ1v) is 5.75. The van der Waals surface area contributed by atoms with Crippen molar-refractivity contribution < 1.29 is 14.1 Å². The Morgan fingerprint density at radius 1 is 1.53 bits per heavy atom. The van der Waals surface area contributed by atoms with Crippen LogP contribution in [-0.4, -0.2) is 20.4 Å². The van der Waals surface area contributed by atoms with Crippen molar-refractivity contribution in [2.75, 3.05) is 0 Å². The van der Waals surface area contributed by atoms with E-state index in [9.17, 15) is 14.9 Å². The number of hydrogen-bond donors (Lipinski definition) is 1. The molecule has 1 amide bonds. The lowest BCUT2D eigenvalue weighted by Gasteiger charge is -1.85. The van der Waals surface area contributed by atoms with Crippen LogP contribution in [0.3, 0.4) is 0 Å². The molecule has 0 aliphatic rings. The van der Waals surface area contributed by atoms with E-state index in [1.54, 1.807) is 0 Å². The molecule has 0 bridgehead atoms. The number of primary amides is 1. The van der Waals surface area contributed by atoms with Crippen LogP contribution < -0.4 is 5.73 Å². The van der Waals surface area contributed by atoms with Crippen LogP contribution in [0.25, 0.3) is 10.8 Å². The summed E-state index contributed by atoms with van der Waals surface area (Å²) in [6.45, 7) is 0. The summed E-state index contributed by atoms with van der Waals surface area (Å²) in [6, 6.07) is 2.63. The third-order valence-corrected chi connectivity index (χ3v) is 3.27. The highest BCUT2D eigenvalue weighted by Gasteiger charge is 2.17. The first kappa shape index (κ1) is 11.5. The van der Waals surface area contributed by atoms with Crippen molar-refractivity contribution in [3.05, 3.63) is 22.2 Å². The van der Waals surface area contributed by atoms with E-state index in [-0.39, 0.29) is 11.6 Å². The molecule has 0 saturated heterocycles. The topological polar surface area (TPSA) is 125 Å². The number of carbonyl (C=O) groups is 1. The van der Waals surface area contributed by atoms with Crippen LogP contribution >= 0.6 is 23.1 Å². The first-order valence-electron chi connectivity index (χ1n) is 4.11. The maximum Gasteiger partial charge on any atom is 0.433 e. The van der Waals surface area contributed by atoms with Gasteiger partial charge in [-0.1, -0.05) is 11.3 Å². The molecule has 2 N–H and O–H groups in total. The highest BCUT2D eigenvalue weighted by molar-refractivity contribution is 8.14. The number of carbonyl (C=O) groups excluding carboxylic acids is 1. The van der Waals surface area contributed by atoms with Gasteiger partial charge in [0.25, 0.3) is 5.24 Å². The van der Waals surface area contributed by atoms with Gasteiger partial charge in [-0.05, 0) is 6.07 Å². The van der Waals surface area contributed by atoms with Gasteiger partial charge in [0.2, 0.25) is 0 Å². The van der Waals surface area contributed by atoms with Gasteiger partial charge < -0.3 is 10.2 Å². The summed E-state index contributed by atoms with van der Waals surface area (Å²) in [5, 5.41) is 17.6. The number of nitrogens with zero attached hydrogens (tertiary/aromatic N) is 3. The second-order valence-electron chi connectivity index (χ2n) is 2.69. The molecule has 8 nitrogen and oxygen atoms in total. The predicted octanol–water partition coefficient (Wildman–Crippen LogP) is 1.88. The average molecular weight is 272 g/mol. The Morgan fingerprint density at radius 2 is 2.29 bits per heavy atom. The molecule has 2 heterocycles. The molecule has 0 spiro atoms. The van der Waals surface area contributed by atoms with Crippen LogP contribution in [0.4, 0.5) is 10.7 Å². The van der Waals surface area contributed by atoms with Crippen LogP contribution in [0.5, 0.6) is 0 Å². The Bertz CT molecular complexity index is 578. The fraction of sp³-hybridized carbons (Fsp3) is 0. The van der Waals surface area contributed by atoms with Gasteiger partial charge in [0.1, 0.15) is 4.92 Å². The van der Waals surface area contributed by atoms with E-state index in [4.69, 9.17) is 10.2 Å². The molecule has 0 atom stereocenters. The maximum absolute atomic E-state index is 10.6. The Kier molecular flexibility index (Phi) is 3.06. The zero-order chi connectivity index (χ0) is 12.4. The largest absolute Gasteiger partial charge is 0.433 e. The van der Waals surface area contributed by atoms with Gasteiger partial charge in [-0.3, -0.25) is 14.9 Å². The summed E-state index contributed by atoms with van der Waals surface area (Å²) in [6.07, 6.45) is 0. The number of nitro groups is 1. The van der Waals surface area contributed by atoms with Gasteiger partial charge in [0.15, 0.2) is 15.1 Å². The molecule has 0 unspecified atom stereocenters. The summed E-state index contributed by atoms with van der Waals surface area (Å²) >= 11 is 1.80. The lowest BCUT2D eigenvalue weighted by Crippen LogP contribution is -2.00. The minimum absolute atomic E-state index is 0.227. The smallest absolute Gasteiger partial charge is 0.398 e. The van der Waals surface area contributed by atoms with Gasteiger partial charge in [-0.2, -0.15) is 0 Å². The molecular formula is C7H4N4O4S2. The average Bonchev–Trinajstić information content (AvgIpc) is 2.83. The van der Waals surface area contributed by atoms with Crippen LogP contribution in [0.1, 0.15) is 0 Å². The van der Waals surface area contributed by atoms with Crippen molar-refractivity contribution in [3.8, 4) is 10.8 Å². The number of nitrogens with two attached hydrogens (primary N) is 1. The summed E-state index contributed by atoms with van der Waals surface area (Å²) < 4.78 is 5.29. The van der Waals surface area contributed by atoms with Crippen molar-refractivity contribution in [2.45, 2.75) is 4.34 Å². The van der Waals surface area contributed by atoms with Gasteiger partial charge in [-0.15, -0.1) is 10.2 Å². The zero-order valence-corrected chi connectivity index (χ0v) is 9.66. The molecule has 88 valence electrons. The number of thioether (sulfide) groups is 1. The second-order valence-corrected chi connectivity index (χ2v) is 4.92. The van der Waals surface area contributed by atoms with Gasteiger partial charge in [0, 0.05) is 11.8 Å². The molecule has 0 aliphatic carbocycles. The second kappa shape index (κ2) is 4.51. The van der Waals surface area contributed by atoms with Crippen LogP contribution in [-0.2, 0) is 0 Å². The Balaban J connectivity index is 2.24. The molecule has 10 heteroatoms. The van der Waals surface area contributed by atoms with E-state index < -0.39 is 10.2 Å². The molecule has 0 fully saturated rings. The summed E-state index contributed by atoms with van der Waals surface area (Å²) in [7, 11) is 0. The number of rotatable bonds is 3. The molecule has 0 aliphatic heterocycles. The number of hydrogen-bond acceptors (Lipinski definition) is 8. The van der Waals surface area contributed by atoms with Crippen LogP contribution in [0.2, 0.25) is 0 Å². The Hall–Kier alpha value is -1.94. The summed E-state index contributed by atoms with van der Waals surface area (Å²) in [5.41, 5.74) is 4.97. The van der Waals surface area contributed by atoms with E-state index in [1.807, 2.05) is 0 Å². The molecule has 17 heavy (non-hydrogen) atoms. The third-order valence-electron chi connectivity index (χ3n) is 1.58. The fourth-order valence-corrected chi connectivity index (χ4v) is 2.42. The predicted molar refractivity (Wildman–Crippen MR) is 59.7 cm³/mol. The van der Waals surface area contributed by atoms with Gasteiger partial charge >= 0.3 is 5.88 Å². The number of furan rings is 1. The highest BCUT2D eigenvalue weighted by atomic mass is 32.2. The Morgan fingerprint density at radius 3 is 2.88 bits per heavy atom. The monoisotopic (exact) mass is 272 g/mol. The van der Waals surface area contributed by atoms with Crippen molar-refractivity contribution in [1.82, 2.24) is 10.2 Å². The van der Waals surface area contributed by atoms with Gasteiger partial charge in [0.05, 0.1) is 6.07 Å². The van der Waals surface area contributed by atoms with Crippen molar-refractivity contribution in [3.63, 3.8) is 0 Å². The normalized spacial score (nSPS) is 10.4. The first-order chi connectivity index (χ1) is 8.06. The van der Waals surface area contributed by atoms with E-state index in [0.717, 1.165) is 23.1 Å². The van der Waals surface area contributed by atoms with Crippen molar-refractivity contribution >= 4 is 34.2 Å². The van der Waals surface area contributed by atoms with Crippen molar-refractivity contribution in [1.29, 1.82) is 0 Å². The van der Waals surface area contributed by atoms with E-state index in [2.05, 4.69) is 10.2 Å². The highest BCUT2D eigenvalue weighted by Crippen LogP contribution is 2.31. The van der Waals surface area contributed by atoms with E-state index in [0.29, 0.717) is 9.35 Å². The standard InChI is InChI=1S/C7H4N4O4S2/c8-6(12)17-7-10-9-5(16-7)3-1-2-4(15-3)11(13)14/h1-2H,(H2,8,12). The molecule has 0 saturated carbocycles. The molecule has 0 aromatic carbocycles. The van der Waals surface area contributed by atoms with E-state index in [1.165, 1.54) is 12.1 Å². The van der Waals surface area contributed by atoms with Gasteiger partial charge in [-0.25, -0.2) is 0 Å². The van der Waals surface area contributed by atoms with Crippen LogP contribution in [0, 0.1) is 10.1 Å². The summed E-state index contributed by atoms with van der Waals surface area (Å²) in [4.78, 5) is 20.4. The minimum atomic E-state index is -0.649. The quantitative estimate of drug-likeness (QED) is 0.513. The molecule has 0 radical (unpaired) electrons. The lowest BCUT2D eigenvalue weighted by atomic mass is 10.5. The van der Waals surface area contributed by atoms with Crippen LogP contribution in [0.15, 0.2) is 20.9 Å².